The van der Waals surface area contributed by atoms with Crippen LogP contribution in [0.4, 0.5) is 0 Å². The Bertz CT molecular complexity index is 549. The van der Waals surface area contributed by atoms with E-state index in [9.17, 15) is 8.42 Å². The van der Waals surface area contributed by atoms with E-state index in [0.29, 0.717) is 18.1 Å². The van der Waals surface area contributed by atoms with Crippen molar-refractivity contribution < 1.29 is 8.42 Å². The summed E-state index contributed by atoms with van der Waals surface area (Å²) in [5, 5.41) is 9.22. The molecule has 104 valence electrons. The predicted molar refractivity (Wildman–Crippen MR) is 75.8 cm³/mol. The highest BCUT2D eigenvalue weighted by Gasteiger charge is 2.15. The van der Waals surface area contributed by atoms with Gasteiger partial charge in [0.15, 0.2) is 9.84 Å². The van der Waals surface area contributed by atoms with E-state index in [0.717, 1.165) is 0 Å². The number of hydrogen-bond acceptors (Lipinski definition) is 4. The lowest BCUT2D eigenvalue weighted by molar-refractivity contribution is 0.327. The van der Waals surface area contributed by atoms with E-state index in [4.69, 9.17) is 16.9 Å². The molecule has 1 atom stereocenters. The number of nitriles is 1. The highest BCUT2D eigenvalue weighted by molar-refractivity contribution is 7.91. The molecule has 0 unspecified atom stereocenters. The van der Waals surface area contributed by atoms with Gasteiger partial charge in [0, 0.05) is 18.1 Å². The summed E-state index contributed by atoms with van der Waals surface area (Å²) >= 11 is 5.73. The molecule has 0 fully saturated rings. The molecule has 0 heterocycles. The lowest BCUT2D eigenvalue weighted by Crippen LogP contribution is -2.29. The Kier molecular flexibility index (Phi) is 5.80. The third kappa shape index (κ3) is 5.19. The van der Waals surface area contributed by atoms with Crippen molar-refractivity contribution in [2.24, 2.45) is 5.92 Å². The molecular weight excluding hydrogens is 284 g/mol. The molecule has 0 aliphatic rings. The zero-order valence-electron chi connectivity index (χ0n) is 11.0. The molecule has 0 aromatic heterocycles. The van der Waals surface area contributed by atoms with Crippen molar-refractivity contribution >= 4 is 21.4 Å². The third-order valence-corrected chi connectivity index (χ3v) is 4.68. The van der Waals surface area contributed by atoms with Crippen molar-refractivity contribution in [3.63, 3.8) is 0 Å². The molecule has 1 aromatic rings. The highest BCUT2D eigenvalue weighted by Crippen LogP contribution is 2.15. The quantitative estimate of drug-likeness (QED) is 0.808. The maximum absolute atomic E-state index is 12.1. The molecular formula is C13H17ClN2O2S. The van der Waals surface area contributed by atoms with Crippen LogP contribution in [-0.4, -0.2) is 39.2 Å². The minimum Gasteiger partial charge on any atom is -0.304 e. The van der Waals surface area contributed by atoms with E-state index in [1.165, 1.54) is 12.1 Å². The van der Waals surface area contributed by atoms with Crippen LogP contribution in [0.15, 0.2) is 29.2 Å². The Morgan fingerprint density at radius 3 is 2.47 bits per heavy atom. The first-order chi connectivity index (χ1) is 8.85. The molecule has 0 spiro atoms. The van der Waals surface area contributed by atoms with Crippen LogP contribution < -0.4 is 0 Å². The van der Waals surface area contributed by atoms with Gasteiger partial charge in [-0.1, -0.05) is 11.6 Å². The van der Waals surface area contributed by atoms with Gasteiger partial charge in [0.05, 0.1) is 22.6 Å². The van der Waals surface area contributed by atoms with Gasteiger partial charge in [-0.2, -0.15) is 5.26 Å². The van der Waals surface area contributed by atoms with Gasteiger partial charge in [-0.05, 0) is 38.2 Å². The Morgan fingerprint density at radius 1 is 1.37 bits per heavy atom. The lowest BCUT2D eigenvalue weighted by Gasteiger charge is -2.17. The number of sulfone groups is 1. The molecule has 0 amide bonds. The minimum atomic E-state index is -3.30. The normalized spacial score (nSPS) is 13.2. The van der Waals surface area contributed by atoms with Gasteiger partial charge in [-0.15, -0.1) is 0 Å². The first kappa shape index (κ1) is 16.0. The van der Waals surface area contributed by atoms with Crippen molar-refractivity contribution in [3.05, 3.63) is 29.3 Å². The number of nitrogens with zero attached hydrogens (tertiary/aromatic N) is 2. The summed E-state index contributed by atoms with van der Waals surface area (Å²) in [5.41, 5.74) is 0. The van der Waals surface area contributed by atoms with Crippen molar-refractivity contribution in [1.82, 2.24) is 4.90 Å². The molecule has 0 saturated carbocycles. The second kappa shape index (κ2) is 6.90. The maximum Gasteiger partial charge on any atom is 0.179 e. The number of halogens is 1. The first-order valence-corrected chi connectivity index (χ1v) is 7.94. The molecule has 0 bridgehead atoms. The fraction of sp³-hybridized carbons (Fsp3) is 0.462. The zero-order chi connectivity index (χ0) is 14.5. The van der Waals surface area contributed by atoms with Crippen LogP contribution in [0.3, 0.4) is 0 Å². The first-order valence-electron chi connectivity index (χ1n) is 5.91. The van der Waals surface area contributed by atoms with Crippen molar-refractivity contribution in [2.75, 3.05) is 25.9 Å². The van der Waals surface area contributed by atoms with Crippen LogP contribution in [0, 0.1) is 17.2 Å². The van der Waals surface area contributed by atoms with Crippen LogP contribution >= 0.6 is 11.6 Å². The predicted octanol–water partition coefficient (Wildman–Crippen LogP) is 2.21. The van der Waals surface area contributed by atoms with E-state index in [1.54, 1.807) is 12.1 Å². The van der Waals surface area contributed by atoms with Gasteiger partial charge in [0.2, 0.25) is 0 Å². The molecule has 0 N–H and O–H groups in total. The van der Waals surface area contributed by atoms with Gasteiger partial charge in [-0.25, -0.2) is 8.42 Å². The number of benzene rings is 1. The summed E-state index contributed by atoms with van der Waals surface area (Å²) in [6.45, 7) is 2.77. The van der Waals surface area contributed by atoms with Gasteiger partial charge in [0.25, 0.3) is 0 Å². The second-order valence-electron chi connectivity index (χ2n) is 4.57. The van der Waals surface area contributed by atoms with E-state index in [-0.39, 0.29) is 16.6 Å². The number of hydrogen-bond donors (Lipinski definition) is 0. The van der Waals surface area contributed by atoms with E-state index >= 15 is 0 Å². The molecule has 19 heavy (non-hydrogen) atoms. The smallest absolute Gasteiger partial charge is 0.179 e. The summed E-state index contributed by atoms with van der Waals surface area (Å²) in [4.78, 5) is 2.13. The summed E-state index contributed by atoms with van der Waals surface area (Å²) in [6, 6.07) is 8.27. The van der Waals surface area contributed by atoms with Gasteiger partial charge in [0.1, 0.15) is 0 Å². The number of rotatable bonds is 6. The average molecular weight is 301 g/mol. The van der Waals surface area contributed by atoms with Crippen molar-refractivity contribution in [2.45, 2.75) is 11.8 Å². The Morgan fingerprint density at radius 2 is 1.95 bits per heavy atom. The van der Waals surface area contributed by atoms with Crippen molar-refractivity contribution in [3.8, 4) is 6.07 Å². The third-order valence-electron chi connectivity index (χ3n) is 2.72. The van der Waals surface area contributed by atoms with Crippen molar-refractivity contribution in [1.29, 1.82) is 5.26 Å². The van der Waals surface area contributed by atoms with Crippen LogP contribution in [0.5, 0.6) is 0 Å². The monoisotopic (exact) mass is 300 g/mol. The van der Waals surface area contributed by atoms with Gasteiger partial charge < -0.3 is 4.90 Å². The van der Waals surface area contributed by atoms with Gasteiger partial charge in [-0.3, -0.25) is 0 Å². The molecule has 1 aromatic carbocycles. The fourth-order valence-electron chi connectivity index (χ4n) is 1.64. The standard InChI is InChI=1S/C13H17ClN2O2S/c1-11(9-15)10-16(2)7-8-19(17,18)13-5-3-12(14)4-6-13/h3-6,11H,7-8,10H2,1-2H3/t11-/m1/s1. The molecule has 1 rings (SSSR count). The summed E-state index contributed by atoms with van der Waals surface area (Å²) in [7, 11) is -1.49. The van der Waals surface area contributed by atoms with Crippen LogP contribution in [0.2, 0.25) is 5.02 Å². The van der Waals surface area contributed by atoms with Gasteiger partial charge >= 0.3 is 0 Å². The Hall–Kier alpha value is -1.09. The highest BCUT2D eigenvalue weighted by atomic mass is 35.5. The topological polar surface area (TPSA) is 61.2 Å². The average Bonchev–Trinajstić information content (AvgIpc) is 2.37. The molecule has 6 heteroatoms. The molecule has 0 saturated heterocycles. The SMILES string of the molecule is C[C@H](C#N)CN(C)CCS(=O)(=O)c1ccc(Cl)cc1. The summed E-state index contributed by atoms with van der Waals surface area (Å²) in [5.74, 6) is -0.0771. The Labute approximate surface area is 119 Å². The fourth-order valence-corrected chi connectivity index (χ4v) is 3.10. The van der Waals surface area contributed by atoms with Crippen LogP contribution in [-0.2, 0) is 9.84 Å². The van der Waals surface area contributed by atoms with Crippen LogP contribution in [0.25, 0.3) is 0 Å². The molecule has 0 radical (unpaired) electrons. The Balaban J connectivity index is 2.61. The summed E-state index contributed by atoms with van der Waals surface area (Å²) < 4.78 is 24.1. The van der Waals surface area contributed by atoms with E-state index in [2.05, 4.69) is 6.07 Å². The molecule has 4 nitrogen and oxygen atoms in total. The van der Waals surface area contributed by atoms with E-state index < -0.39 is 9.84 Å². The van der Waals surface area contributed by atoms with Crippen LogP contribution in [0.1, 0.15) is 6.92 Å². The molecule has 0 aliphatic heterocycles. The lowest BCUT2D eigenvalue weighted by atomic mass is 10.2. The molecule has 0 aliphatic carbocycles. The van der Waals surface area contributed by atoms with E-state index in [1.807, 2.05) is 18.9 Å². The summed E-state index contributed by atoms with van der Waals surface area (Å²) in [6.07, 6.45) is 0. The largest absolute Gasteiger partial charge is 0.304 e. The second-order valence-corrected chi connectivity index (χ2v) is 7.11. The maximum atomic E-state index is 12.1. The minimum absolute atomic E-state index is 0.0310. The zero-order valence-corrected chi connectivity index (χ0v) is 12.6.